The fraction of sp³-hybridized carbons (Fsp3) is 0.150. The van der Waals surface area contributed by atoms with Crippen LogP contribution in [0.3, 0.4) is 0 Å². The maximum absolute atomic E-state index is 12.2. The molecule has 0 fully saturated rings. The number of carbonyl (C=O) groups is 1. The molecule has 0 spiro atoms. The predicted octanol–water partition coefficient (Wildman–Crippen LogP) is 4.40. The van der Waals surface area contributed by atoms with Crippen molar-refractivity contribution < 1.29 is 4.79 Å². The van der Waals surface area contributed by atoms with Gasteiger partial charge in [0, 0.05) is 11.4 Å². The van der Waals surface area contributed by atoms with Crippen molar-refractivity contribution in [3.05, 3.63) is 77.0 Å². The SMILES string of the molecule is Cc1ccc(NC(=O)c2ccc(Nc3cccc(C)c3C)nn2)cc1. The van der Waals surface area contributed by atoms with Gasteiger partial charge in [-0.1, -0.05) is 29.8 Å². The summed E-state index contributed by atoms with van der Waals surface area (Å²) in [6, 6.07) is 17.0. The van der Waals surface area contributed by atoms with Crippen LogP contribution in [0.2, 0.25) is 0 Å². The van der Waals surface area contributed by atoms with Crippen LogP contribution in [0.15, 0.2) is 54.6 Å². The number of nitrogens with zero attached hydrogens (tertiary/aromatic N) is 2. The Hall–Kier alpha value is -3.21. The molecule has 3 rings (SSSR count). The van der Waals surface area contributed by atoms with Crippen LogP contribution >= 0.6 is 0 Å². The average Bonchev–Trinajstić information content (AvgIpc) is 2.61. The van der Waals surface area contributed by atoms with E-state index in [4.69, 9.17) is 0 Å². The van der Waals surface area contributed by atoms with E-state index >= 15 is 0 Å². The molecule has 0 aliphatic carbocycles. The van der Waals surface area contributed by atoms with Crippen molar-refractivity contribution in [2.45, 2.75) is 20.8 Å². The molecule has 0 radical (unpaired) electrons. The van der Waals surface area contributed by atoms with Crippen molar-refractivity contribution in [2.75, 3.05) is 10.6 Å². The Labute approximate surface area is 147 Å². The molecule has 0 aliphatic rings. The molecule has 5 nitrogen and oxygen atoms in total. The zero-order valence-corrected chi connectivity index (χ0v) is 14.5. The van der Waals surface area contributed by atoms with Crippen LogP contribution in [0.1, 0.15) is 27.2 Å². The minimum absolute atomic E-state index is 0.270. The van der Waals surface area contributed by atoms with Crippen molar-refractivity contribution in [1.29, 1.82) is 0 Å². The molecular formula is C20H20N4O. The van der Waals surface area contributed by atoms with Gasteiger partial charge in [-0.05, 0) is 62.2 Å². The lowest BCUT2D eigenvalue weighted by molar-refractivity contribution is 0.102. The van der Waals surface area contributed by atoms with E-state index < -0.39 is 0 Å². The number of anilines is 3. The van der Waals surface area contributed by atoms with Gasteiger partial charge in [0.1, 0.15) is 0 Å². The number of nitrogens with one attached hydrogen (secondary N) is 2. The van der Waals surface area contributed by atoms with Crippen molar-refractivity contribution in [2.24, 2.45) is 0 Å². The van der Waals surface area contributed by atoms with Gasteiger partial charge in [-0.15, -0.1) is 10.2 Å². The average molecular weight is 332 g/mol. The predicted molar refractivity (Wildman–Crippen MR) is 100 cm³/mol. The zero-order chi connectivity index (χ0) is 17.8. The first-order chi connectivity index (χ1) is 12.0. The van der Waals surface area contributed by atoms with Crippen LogP contribution in [0, 0.1) is 20.8 Å². The summed E-state index contributed by atoms with van der Waals surface area (Å²) in [5.41, 5.74) is 5.48. The van der Waals surface area contributed by atoms with E-state index in [0.29, 0.717) is 5.82 Å². The molecular weight excluding hydrogens is 312 g/mol. The highest BCUT2D eigenvalue weighted by atomic mass is 16.1. The van der Waals surface area contributed by atoms with E-state index in [1.54, 1.807) is 12.1 Å². The summed E-state index contributed by atoms with van der Waals surface area (Å²) >= 11 is 0. The number of amides is 1. The second kappa shape index (κ2) is 7.13. The Morgan fingerprint density at radius 3 is 2.32 bits per heavy atom. The lowest BCUT2D eigenvalue weighted by Gasteiger charge is -2.10. The monoisotopic (exact) mass is 332 g/mol. The van der Waals surface area contributed by atoms with Crippen LogP contribution in [0.4, 0.5) is 17.2 Å². The first-order valence-electron chi connectivity index (χ1n) is 8.08. The van der Waals surface area contributed by atoms with Gasteiger partial charge in [0.05, 0.1) is 0 Å². The van der Waals surface area contributed by atoms with Crippen molar-refractivity contribution in [1.82, 2.24) is 10.2 Å². The Balaban J connectivity index is 1.70. The number of hydrogen-bond donors (Lipinski definition) is 2. The summed E-state index contributed by atoms with van der Waals surface area (Å²) < 4.78 is 0. The number of aryl methyl sites for hydroxylation is 2. The highest BCUT2D eigenvalue weighted by Gasteiger charge is 2.09. The van der Waals surface area contributed by atoms with E-state index in [1.165, 1.54) is 5.56 Å². The molecule has 0 bridgehead atoms. The van der Waals surface area contributed by atoms with E-state index in [-0.39, 0.29) is 11.6 Å². The van der Waals surface area contributed by atoms with Gasteiger partial charge in [-0.25, -0.2) is 0 Å². The van der Waals surface area contributed by atoms with Gasteiger partial charge >= 0.3 is 0 Å². The molecule has 1 aromatic heterocycles. The van der Waals surface area contributed by atoms with E-state index in [9.17, 15) is 4.79 Å². The third-order valence-electron chi connectivity index (χ3n) is 4.07. The summed E-state index contributed by atoms with van der Waals surface area (Å²) in [6.07, 6.45) is 0. The number of aromatic nitrogens is 2. The van der Waals surface area contributed by atoms with Crippen molar-refractivity contribution in [3.8, 4) is 0 Å². The Morgan fingerprint density at radius 2 is 1.64 bits per heavy atom. The van der Waals surface area contributed by atoms with Gasteiger partial charge in [0.15, 0.2) is 11.5 Å². The molecule has 0 saturated heterocycles. The molecule has 126 valence electrons. The topological polar surface area (TPSA) is 66.9 Å². The summed E-state index contributed by atoms with van der Waals surface area (Å²) in [7, 11) is 0. The van der Waals surface area contributed by atoms with Gasteiger partial charge in [-0.3, -0.25) is 4.79 Å². The largest absolute Gasteiger partial charge is 0.339 e. The molecule has 2 aromatic carbocycles. The lowest BCUT2D eigenvalue weighted by atomic mass is 10.1. The summed E-state index contributed by atoms with van der Waals surface area (Å²) in [5.74, 6) is 0.315. The van der Waals surface area contributed by atoms with Gasteiger partial charge in [-0.2, -0.15) is 0 Å². The lowest BCUT2D eigenvalue weighted by Crippen LogP contribution is -2.14. The summed E-state index contributed by atoms with van der Waals surface area (Å²) in [6.45, 7) is 6.11. The highest BCUT2D eigenvalue weighted by Crippen LogP contribution is 2.21. The van der Waals surface area contributed by atoms with Gasteiger partial charge in [0.2, 0.25) is 0 Å². The molecule has 0 saturated carbocycles. The minimum Gasteiger partial charge on any atom is -0.339 e. The zero-order valence-electron chi connectivity index (χ0n) is 14.5. The quantitative estimate of drug-likeness (QED) is 0.743. The molecule has 0 atom stereocenters. The third kappa shape index (κ3) is 4.01. The number of rotatable bonds is 4. The first-order valence-corrected chi connectivity index (χ1v) is 8.08. The molecule has 25 heavy (non-hydrogen) atoms. The van der Waals surface area contributed by atoms with Crippen LogP contribution in [0.25, 0.3) is 0 Å². The fourth-order valence-corrected chi connectivity index (χ4v) is 2.38. The highest BCUT2D eigenvalue weighted by molar-refractivity contribution is 6.02. The van der Waals surface area contributed by atoms with Crippen molar-refractivity contribution in [3.63, 3.8) is 0 Å². The molecule has 3 aromatic rings. The molecule has 2 N–H and O–H groups in total. The Morgan fingerprint density at radius 1 is 0.880 bits per heavy atom. The third-order valence-corrected chi connectivity index (χ3v) is 4.07. The smallest absolute Gasteiger partial charge is 0.276 e. The Kier molecular flexibility index (Phi) is 4.75. The van der Waals surface area contributed by atoms with Crippen LogP contribution < -0.4 is 10.6 Å². The minimum atomic E-state index is -0.283. The first kappa shape index (κ1) is 16.6. The standard InChI is InChI=1S/C20H20N4O/c1-13-7-9-16(10-8-13)21-20(25)18-11-12-19(24-23-18)22-17-6-4-5-14(2)15(17)3/h4-12H,1-3H3,(H,21,25)(H,22,24). The van der Waals surface area contributed by atoms with Crippen LogP contribution in [0.5, 0.6) is 0 Å². The second-order valence-corrected chi connectivity index (χ2v) is 6.00. The number of hydrogen-bond acceptors (Lipinski definition) is 4. The maximum atomic E-state index is 12.2. The fourth-order valence-electron chi connectivity index (χ4n) is 2.38. The normalized spacial score (nSPS) is 10.4. The molecule has 0 aliphatic heterocycles. The van der Waals surface area contributed by atoms with Gasteiger partial charge in [0.25, 0.3) is 5.91 Å². The number of carbonyl (C=O) groups excluding carboxylic acids is 1. The van der Waals surface area contributed by atoms with Crippen LogP contribution in [-0.2, 0) is 0 Å². The van der Waals surface area contributed by atoms with E-state index in [0.717, 1.165) is 22.5 Å². The van der Waals surface area contributed by atoms with Crippen molar-refractivity contribution >= 4 is 23.1 Å². The van der Waals surface area contributed by atoms with E-state index in [2.05, 4.69) is 40.7 Å². The Bertz CT molecular complexity index is 887. The van der Waals surface area contributed by atoms with Crippen LogP contribution in [-0.4, -0.2) is 16.1 Å². The van der Waals surface area contributed by atoms with E-state index in [1.807, 2.05) is 43.3 Å². The maximum Gasteiger partial charge on any atom is 0.276 e. The molecule has 1 heterocycles. The summed E-state index contributed by atoms with van der Waals surface area (Å²) in [4.78, 5) is 12.2. The second-order valence-electron chi connectivity index (χ2n) is 6.00. The van der Waals surface area contributed by atoms with Gasteiger partial charge < -0.3 is 10.6 Å². The molecule has 5 heteroatoms. The molecule has 1 amide bonds. The molecule has 0 unspecified atom stereocenters. The summed E-state index contributed by atoms with van der Waals surface area (Å²) in [5, 5.41) is 14.2. The number of benzene rings is 2.